The third-order valence-electron chi connectivity index (χ3n) is 4.54. The van der Waals surface area contributed by atoms with Crippen molar-refractivity contribution in [1.29, 1.82) is 0 Å². The van der Waals surface area contributed by atoms with Crippen LogP contribution >= 0.6 is 11.8 Å². The molecule has 1 atom stereocenters. The smallest absolute Gasteiger partial charge is 0.0281 e. The summed E-state index contributed by atoms with van der Waals surface area (Å²) < 4.78 is 0.550. The van der Waals surface area contributed by atoms with Gasteiger partial charge in [-0.2, -0.15) is 11.8 Å². The van der Waals surface area contributed by atoms with E-state index in [-0.39, 0.29) is 0 Å². The second kappa shape index (κ2) is 6.44. The lowest BCUT2D eigenvalue weighted by Crippen LogP contribution is -2.49. The fourth-order valence-corrected chi connectivity index (χ4v) is 4.24. The summed E-state index contributed by atoms with van der Waals surface area (Å²) in [5.41, 5.74) is 0. The monoisotopic (exact) mass is 256 g/mol. The van der Waals surface area contributed by atoms with E-state index < -0.39 is 0 Å². The maximum Gasteiger partial charge on any atom is 0.0281 e. The fraction of sp³-hybridized carbons (Fsp3) is 1.00. The van der Waals surface area contributed by atoms with Crippen molar-refractivity contribution in [2.75, 3.05) is 32.9 Å². The van der Waals surface area contributed by atoms with E-state index in [1.807, 2.05) is 0 Å². The molecule has 2 nitrogen and oxygen atoms in total. The molecule has 0 spiro atoms. The van der Waals surface area contributed by atoms with Crippen molar-refractivity contribution in [3.8, 4) is 0 Å². The van der Waals surface area contributed by atoms with E-state index in [1.165, 1.54) is 64.6 Å². The number of nitrogens with one attached hydrogen (secondary N) is 1. The topological polar surface area (TPSA) is 15.3 Å². The predicted molar refractivity (Wildman–Crippen MR) is 77.9 cm³/mol. The SMILES string of the molecule is CSC1(CNC2CCCN(C)C2)CCCCC1. The van der Waals surface area contributed by atoms with Crippen LogP contribution in [-0.2, 0) is 0 Å². The van der Waals surface area contributed by atoms with Gasteiger partial charge in [-0.3, -0.25) is 0 Å². The molecule has 0 aromatic rings. The summed E-state index contributed by atoms with van der Waals surface area (Å²) in [4.78, 5) is 2.47. The molecule has 1 heterocycles. The molecule has 2 rings (SSSR count). The van der Waals surface area contributed by atoms with Crippen molar-refractivity contribution in [3.63, 3.8) is 0 Å². The molecule has 3 heteroatoms. The highest BCUT2D eigenvalue weighted by molar-refractivity contribution is 8.00. The molecule has 100 valence electrons. The molecule has 1 saturated carbocycles. The van der Waals surface area contributed by atoms with Gasteiger partial charge in [-0.1, -0.05) is 19.3 Å². The Morgan fingerprint density at radius 3 is 2.65 bits per heavy atom. The van der Waals surface area contributed by atoms with Gasteiger partial charge in [0, 0.05) is 23.9 Å². The van der Waals surface area contributed by atoms with Crippen molar-refractivity contribution in [3.05, 3.63) is 0 Å². The first-order valence-corrected chi connectivity index (χ1v) is 8.44. The lowest BCUT2D eigenvalue weighted by atomic mass is 9.88. The highest BCUT2D eigenvalue weighted by atomic mass is 32.2. The number of hydrogen-bond donors (Lipinski definition) is 1. The van der Waals surface area contributed by atoms with E-state index >= 15 is 0 Å². The van der Waals surface area contributed by atoms with Gasteiger partial charge in [0.2, 0.25) is 0 Å². The average Bonchev–Trinajstić information content (AvgIpc) is 2.38. The molecule has 0 amide bonds. The zero-order valence-electron chi connectivity index (χ0n) is 11.5. The lowest BCUT2D eigenvalue weighted by Gasteiger charge is -2.39. The first-order chi connectivity index (χ1) is 8.24. The summed E-state index contributed by atoms with van der Waals surface area (Å²) in [5, 5.41) is 3.85. The molecule has 1 N–H and O–H groups in total. The summed E-state index contributed by atoms with van der Waals surface area (Å²) in [6.45, 7) is 3.75. The van der Waals surface area contributed by atoms with Gasteiger partial charge in [0.25, 0.3) is 0 Å². The minimum absolute atomic E-state index is 0.550. The van der Waals surface area contributed by atoms with Crippen LogP contribution in [0, 0.1) is 0 Å². The second-order valence-corrected chi connectivity index (χ2v) is 7.20. The van der Waals surface area contributed by atoms with Crippen LogP contribution in [0.3, 0.4) is 0 Å². The maximum atomic E-state index is 3.85. The maximum absolute atomic E-state index is 3.85. The van der Waals surface area contributed by atoms with Crippen molar-refractivity contribution < 1.29 is 0 Å². The van der Waals surface area contributed by atoms with Gasteiger partial charge in [0.15, 0.2) is 0 Å². The highest BCUT2D eigenvalue weighted by Crippen LogP contribution is 2.38. The number of thioether (sulfide) groups is 1. The normalized spacial score (nSPS) is 30.4. The van der Waals surface area contributed by atoms with Gasteiger partial charge < -0.3 is 10.2 Å². The molecular weight excluding hydrogens is 228 g/mol. The number of hydrogen-bond acceptors (Lipinski definition) is 3. The van der Waals surface area contributed by atoms with Crippen LogP contribution in [0.15, 0.2) is 0 Å². The van der Waals surface area contributed by atoms with E-state index in [0.29, 0.717) is 4.75 Å². The van der Waals surface area contributed by atoms with Crippen LogP contribution in [0.1, 0.15) is 44.9 Å². The Morgan fingerprint density at radius 1 is 1.24 bits per heavy atom. The third kappa shape index (κ3) is 3.87. The first-order valence-electron chi connectivity index (χ1n) is 7.21. The van der Waals surface area contributed by atoms with Crippen LogP contribution in [-0.4, -0.2) is 48.6 Å². The Kier molecular flexibility index (Phi) is 5.19. The average molecular weight is 256 g/mol. The van der Waals surface area contributed by atoms with Gasteiger partial charge in [-0.15, -0.1) is 0 Å². The zero-order chi connectivity index (χ0) is 12.1. The van der Waals surface area contributed by atoms with Gasteiger partial charge in [0.05, 0.1) is 0 Å². The fourth-order valence-electron chi connectivity index (χ4n) is 3.31. The Bertz CT molecular complexity index is 226. The Balaban J connectivity index is 1.78. The van der Waals surface area contributed by atoms with E-state index in [9.17, 15) is 0 Å². The molecule has 0 radical (unpaired) electrons. The van der Waals surface area contributed by atoms with Crippen LogP contribution < -0.4 is 5.32 Å². The van der Waals surface area contributed by atoms with Crippen LogP contribution in [0.2, 0.25) is 0 Å². The van der Waals surface area contributed by atoms with Crippen molar-refractivity contribution in [2.45, 2.75) is 55.7 Å². The van der Waals surface area contributed by atoms with E-state index in [4.69, 9.17) is 0 Å². The number of likely N-dealkylation sites (N-methyl/N-ethyl adjacent to an activating group) is 1. The quantitative estimate of drug-likeness (QED) is 0.832. The van der Waals surface area contributed by atoms with Crippen LogP contribution in [0.4, 0.5) is 0 Å². The van der Waals surface area contributed by atoms with E-state index in [0.717, 1.165) is 6.04 Å². The number of piperidine rings is 1. The summed E-state index contributed by atoms with van der Waals surface area (Å²) in [7, 11) is 2.25. The third-order valence-corrected chi connectivity index (χ3v) is 5.95. The molecule has 2 aliphatic rings. The molecule has 1 unspecified atom stereocenters. The van der Waals surface area contributed by atoms with Gasteiger partial charge in [-0.05, 0) is 45.5 Å². The largest absolute Gasteiger partial charge is 0.311 e. The molecule has 1 aliphatic heterocycles. The Labute approximate surface area is 111 Å². The van der Waals surface area contributed by atoms with Gasteiger partial charge in [0.1, 0.15) is 0 Å². The predicted octanol–water partition coefficient (Wildman–Crippen LogP) is 2.74. The Morgan fingerprint density at radius 2 is 2.00 bits per heavy atom. The van der Waals surface area contributed by atoms with Crippen molar-refractivity contribution >= 4 is 11.8 Å². The number of nitrogens with zero attached hydrogens (tertiary/aromatic N) is 1. The van der Waals surface area contributed by atoms with Crippen molar-refractivity contribution in [1.82, 2.24) is 10.2 Å². The van der Waals surface area contributed by atoms with Gasteiger partial charge in [-0.25, -0.2) is 0 Å². The summed E-state index contributed by atoms with van der Waals surface area (Å²) in [5.74, 6) is 0. The van der Waals surface area contributed by atoms with Gasteiger partial charge >= 0.3 is 0 Å². The molecule has 0 bridgehead atoms. The van der Waals surface area contributed by atoms with Crippen LogP contribution in [0.25, 0.3) is 0 Å². The molecule has 1 saturated heterocycles. The Hall–Kier alpha value is 0.270. The minimum atomic E-state index is 0.550. The molecular formula is C14H28N2S. The number of likely N-dealkylation sites (tertiary alicyclic amines) is 1. The summed E-state index contributed by atoms with van der Waals surface area (Å²) >= 11 is 2.11. The summed E-state index contributed by atoms with van der Waals surface area (Å²) in [6.07, 6.45) is 12.2. The van der Waals surface area contributed by atoms with Crippen molar-refractivity contribution in [2.24, 2.45) is 0 Å². The summed E-state index contributed by atoms with van der Waals surface area (Å²) in [6, 6.07) is 0.736. The molecule has 1 aliphatic carbocycles. The number of rotatable bonds is 4. The second-order valence-electron chi connectivity index (χ2n) is 5.93. The molecule has 2 fully saturated rings. The first kappa shape index (κ1) is 13.7. The molecule has 0 aromatic carbocycles. The van der Waals surface area contributed by atoms with E-state index in [1.54, 1.807) is 0 Å². The lowest BCUT2D eigenvalue weighted by molar-refractivity contribution is 0.220. The highest BCUT2D eigenvalue weighted by Gasteiger charge is 2.31. The minimum Gasteiger partial charge on any atom is -0.311 e. The molecule has 0 aromatic heterocycles. The van der Waals surface area contributed by atoms with Crippen LogP contribution in [0.5, 0.6) is 0 Å². The molecule has 17 heavy (non-hydrogen) atoms. The van der Waals surface area contributed by atoms with E-state index in [2.05, 4.69) is 35.3 Å². The zero-order valence-corrected chi connectivity index (χ0v) is 12.3. The standard InChI is InChI=1S/C14H28N2S/c1-16-10-6-7-13(11-16)15-12-14(17-2)8-4-3-5-9-14/h13,15H,3-12H2,1-2H3.